The second-order valence-electron chi connectivity index (χ2n) is 6.09. The fraction of sp³-hybridized carbons (Fsp3) is 0.150. The molecule has 5 nitrogen and oxygen atoms in total. The molecule has 1 N–H and O–H groups in total. The minimum Gasteiger partial charge on any atom is -0.325 e. The molecule has 0 aliphatic carbocycles. The van der Waals surface area contributed by atoms with E-state index in [9.17, 15) is 14.0 Å². The highest BCUT2D eigenvalue weighted by atomic mass is 19.1. The van der Waals surface area contributed by atoms with Crippen molar-refractivity contribution >= 4 is 11.6 Å². The van der Waals surface area contributed by atoms with Gasteiger partial charge in [-0.1, -0.05) is 6.07 Å². The smallest absolute Gasteiger partial charge is 0.254 e. The van der Waals surface area contributed by atoms with Gasteiger partial charge in [0.1, 0.15) is 12.4 Å². The van der Waals surface area contributed by atoms with Gasteiger partial charge in [-0.15, -0.1) is 0 Å². The molecule has 0 aliphatic rings. The number of aromatic nitrogens is 2. The Morgan fingerprint density at radius 3 is 2.46 bits per heavy atom. The third-order valence-corrected chi connectivity index (χ3v) is 4.12. The summed E-state index contributed by atoms with van der Waals surface area (Å²) in [5.41, 5.74) is 3.61. The lowest BCUT2D eigenvalue weighted by atomic mass is 10.1. The van der Waals surface area contributed by atoms with Crippen molar-refractivity contribution in [2.45, 2.75) is 20.4 Å². The molecule has 6 heteroatoms. The van der Waals surface area contributed by atoms with Gasteiger partial charge in [0.15, 0.2) is 0 Å². The van der Waals surface area contributed by atoms with Crippen LogP contribution < -0.4 is 10.9 Å². The van der Waals surface area contributed by atoms with E-state index < -0.39 is 0 Å². The maximum absolute atomic E-state index is 13.0. The first-order valence-electron chi connectivity index (χ1n) is 8.12. The Kier molecular flexibility index (Phi) is 4.93. The van der Waals surface area contributed by atoms with E-state index >= 15 is 0 Å². The minimum absolute atomic E-state index is 0.136. The SMILES string of the molecule is Cc1ccc(NC(=O)Cn2cnc(-c3ccc(F)cc3)cc2=O)cc1C. The lowest BCUT2D eigenvalue weighted by Gasteiger charge is -2.09. The van der Waals surface area contributed by atoms with Crippen LogP contribution in [0.4, 0.5) is 10.1 Å². The standard InChI is InChI=1S/C20H18FN3O2/c1-13-3-8-17(9-14(13)2)23-19(25)11-24-12-22-18(10-20(24)26)15-4-6-16(21)7-5-15/h3-10,12H,11H2,1-2H3,(H,23,25). The third kappa shape index (κ3) is 4.03. The second-order valence-corrected chi connectivity index (χ2v) is 6.09. The molecule has 1 aromatic heterocycles. The van der Waals surface area contributed by atoms with Crippen molar-refractivity contribution in [2.75, 3.05) is 5.32 Å². The largest absolute Gasteiger partial charge is 0.325 e. The number of amides is 1. The van der Waals surface area contributed by atoms with Gasteiger partial charge in [0.2, 0.25) is 5.91 Å². The Labute approximate surface area is 150 Å². The lowest BCUT2D eigenvalue weighted by Crippen LogP contribution is -2.27. The highest BCUT2D eigenvalue weighted by Crippen LogP contribution is 2.16. The molecule has 3 rings (SSSR count). The maximum atomic E-state index is 13.0. The number of aryl methyl sites for hydroxylation is 2. The number of carbonyl (C=O) groups excluding carboxylic acids is 1. The molecule has 1 amide bonds. The van der Waals surface area contributed by atoms with Crippen LogP contribution >= 0.6 is 0 Å². The third-order valence-electron chi connectivity index (χ3n) is 4.12. The number of nitrogens with one attached hydrogen (secondary N) is 1. The van der Waals surface area contributed by atoms with Crippen LogP contribution in [0.5, 0.6) is 0 Å². The van der Waals surface area contributed by atoms with Crippen LogP contribution in [0.25, 0.3) is 11.3 Å². The minimum atomic E-state index is -0.356. The predicted octanol–water partition coefficient (Wildman–Crippen LogP) is 3.30. The normalized spacial score (nSPS) is 10.6. The number of benzene rings is 2. The van der Waals surface area contributed by atoms with Crippen LogP contribution in [-0.2, 0) is 11.3 Å². The Morgan fingerprint density at radius 2 is 1.81 bits per heavy atom. The molecule has 132 valence electrons. The summed E-state index contributed by atoms with van der Waals surface area (Å²) in [4.78, 5) is 28.6. The molecule has 0 spiro atoms. The molecule has 0 unspecified atom stereocenters. The Bertz CT molecular complexity index is 1010. The molecular formula is C20H18FN3O2. The second kappa shape index (κ2) is 7.31. The van der Waals surface area contributed by atoms with Gasteiger partial charge < -0.3 is 5.32 Å². The average molecular weight is 351 g/mol. The first kappa shape index (κ1) is 17.5. The molecule has 3 aromatic rings. The van der Waals surface area contributed by atoms with Gasteiger partial charge in [-0.3, -0.25) is 14.2 Å². The van der Waals surface area contributed by atoms with E-state index in [1.54, 1.807) is 12.1 Å². The first-order chi connectivity index (χ1) is 12.4. The number of nitrogens with zero attached hydrogens (tertiary/aromatic N) is 2. The fourth-order valence-electron chi connectivity index (χ4n) is 2.50. The van der Waals surface area contributed by atoms with Gasteiger partial charge in [-0.05, 0) is 61.4 Å². The Balaban J connectivity index is 1.73. The number of hydrogen-bond acceptors (Lipinski definition) is 3. The van der Waals surface area contributed by atoms with Crippen LogP contribution in [0.15, 0.2) is 59.7 Å². The van der Waals surface area contributed by atoms with Gasteiger partial charge in [0.05, 0.1) is 12.0 Å². The van der Waals surface area contributed by atoms with Gasteiger partial charge in [0.25, 0.3) is 5.56 Å². The fourth-order valence-corrected chi connectivity index (χ4v) is 2.50. The topological polar surface area (TPSA) is 64.0 Å². The van der Waals surface area contributed by atoms with E-state index in [0.717, 1.165) is 11.1 Å². The van der Waals surface area contributed by atoms with Crippen molar-refractivity contribution in [3.63, 3.8) is 0 Å². The van der Waals surface area contributed by atoms with Crippen molar-refractivity contribution in [3.8, 4) is 11.3 Å². The molecule has 0 radical (unpaired) electrons. The predicted molar refractivity (Wildman–Crippen MR) is 98.4 cm³/mol. The molecule has 2 aromatic carbocycles. The molecule has 26 heavy (non-hydrogen) atoms. The number of rotatable bonds is 4. The highest BCUT2D eigenvalue weighted by molar-refractivity contribution is 5.90. The molecule has 0 aliphatic heterocycles. The maximum Gasteiger partial charge on any atom is 0.254 e. The van der Waals surface area contributed by atoms with E-state index in [1.165, 1.54) is 29.1 Å². The van der Waals surface area contributed by atoms with Gasteiger partial charge in [-0.2, -0.15) is 0 Å². The summed E-state index contributed by atoms with van der Waals surface area (Å²) >= 11 is 0. The van der Waals surface area contributed by atoms with Crippen LogP contribution in [0, 0.1) is 19.7 Å². The van der Waals surface area contributed by atoms with E-state index in [4.69, 9.17) is 0 Å². The average Bonchev–Trinajstić information content (AvgIpc) is 2.60. The van der Waals surface area contributed by atoms with Crippen molar-refractivity contribution in [1.82, 2.24) is 9.55 Å². The number of carbonyl (C=O) groups is 1. The highest BCUT2D eigenvalue weighted by Gasteiger charge is 2.08. The van der Waals surface area contributed by atoms with E-state index in [2.05, 4.69) is 10.3 Å². The van der Waals surface area contributed by atoms with E-state index in [-0.39, 0.29) is 23.8 Å². The first-order valence-corrected chi connectivity index (χ1v) is 8.12. The number of hydrogen-bond donors (Lipinski definition) is 1. The summed E-state index contributed by atoms with van der Waals surface area (Å²) in [6.07, 6.45) is 1.32. The summed E-state index contributed by atoms with van der Waals surface area (Å²) in [6.45, 7) is 3.82. The zero-order valence-corrected chi connectivity index (χ0v) is 14.5. The molecule has 1 heterocycles. The van der Waals surface area contributed by atoms with Crippen molar-refractivity contribution in [2.24, 2.45) is 0 Å². The van der Waals surface area contributed by atoms with Gasteiger partial charge in [0, 0.05) is 17.3 Å². The summed E-state index contributed by atoms with van der Waals surface area (Å²) in [5, 5.41) is 2.77. The monoisotopic (exact) mass is 351 g/mol. The van der Waals surface area contributed by atoms with Gasteiger partial charge >= 0.3 is 0 Å². The Hall–Kier alpha value is -3.28. The molecular weight excluding hydrogens is 333 g/mol. The molecule has 0 atom stereocenters. The summed E-state index contributed by atoms with van der Waals surface area (Å²) < 4.78 is 14.2. The van der Waals surface area contributed by atoms with Crippen LogP contribution in [0.3, 0.4) is 0 Å². The number of halogens is 1. The quantitative estimate of drug-likeness (QED) is 0.784. The van der Waals surface area contributed by atoms with Gasteiger partial charge in [-0.25, -0.2) is 9.37 Å². The number of anilines is 1. The lowest BCUT2D eigenvalue weighted by molar-refractivity contribution is -0.116. The summed E-state index contributed by atoms with van der Waals surface area (Å²) in [7, 11) is 0. The van der Waals surface area contributed by atoms with Crippen LogP contribution in [0.1, 0.15) is 11.1 Å². The summed E-state index contributed by atoms with van der Waals surface area (Å²) in [6, 6.07) is 12.7. The van der Waals surface area contributed by atoms with Crippen LogP contribution in [0.2, 0.25) is 0 Å². The van der Waals surface area contributed by atoms with Crippen LogP contribution in [-0.4, -0.2) is 15.5 Å². The molecule has 0 saturated heterocycles. The van der Waals surface area contributed by atoms with Crippen molar-refractivity contribution < 1.29 is 9.18 Å². The molecule has 0 fully saturated rings. The van der Waals surface area contributed by atoms with Crippen molar-refractivity contribution in [1.29, 1.82) is 0 Å². The Morgan fingerprint density at radius 1 is 1.08 bits per heavy atom. The van der Waals surface area contributed by atoms with E-state index in [1.807, 2.05) is 32.0 Å². The molecule has 0 saturated carbocycles. The molecule has 0 bridgehead atoms. The van der Waals surface area contributed by atoms with E-state index in [0.29, 0.717) is 16.9 Å². The zero-order chi connectivity index (χ0) is 18.7. The van der Waals surface area contributed by atoms with Crippen molar-refractivity contribution in [3.05, 3.63) is 82.2 Å². The zero-order valence-electron chi connectivity index (χ0n) is 14.5. The summed E-state index contributed by atoms with van der Waals surface area (Å²) in [5.74, 6) is -0.670.